The van der Waals surface area contributed by atoms with Crippen LogP contribution in [0.1, 0.15) is 0 Å². The Labute approximate surface area is 133 Å². The molecule has 2 aromatic carbocycles. The summed E-state index contributed by atoms with van der Waals surface area (Å²) in [5, 5.41) is 22.0. The molecule has 4 heteroatoms. The topological polar surface area (TPSA) is 45.4 Å². The van der Waals surface area contributed by atoms with Gasteiger partial charge >= 0.3 is 7.12 Å². The number of nitrogens with zero attached hydrogens (tertiary/aromatic N) is 1. The highest BCUT2D eigenvalue weighted by Crippen LogP contribution is 2.15. The summed E-state index contributed by atoms with van der Waals surface area (Å²) in [6.45, 7) is 0. The zero-order valence-corrected chi connectivity index (χ0v) is 12.3. The van der Waals surface area contributed by atoms with Gasteiger partial charge in [0.1, 0.15) is 0 Å². The molecule has 0 unspecified atom stereocenters. The Morgan fingerprint density at radius 3 is 2.43 bits per heavy atom. The van der Waals surface area contributed by atoms with Crippen LogP contribution in [0.15, 0.2) is 72.2 Å². The van der Waals surface area contributed by atoms with Gasteiger partial charge in [-0.15, -0.1) is 0 Å². The van der Waals surface area contributed by atoms with Crippen LogP contribution in [0.2, 0.25) is 0 Å². The maximum absolute atomic E-state index is 9.53. The minimum Gasteiger partial charge on any atom is -0.423 e. The highest BCUT2D eigenvalue weighted by molar-refractivity contribution is 6.53. The Hall–Kier alpha value is -2.78. The van der Waals surface area contributed by atoms with Crippen molar-refractivity contribution in [1.82, 2.24) is 4.57 Å². The van der Waals surface area contributed by atoms with Crippen molar-refractivity contribution >= 4 is 29.8 Å². The van der Waals surface area contributed by atoms with Gasteiger partial charge in [-0.05, 0) is 29.7 Å². The summed E-state index contributed by atoms with van der Waals surface area (Å²) in [4.78, 5) is 0. The molecule has 0 saturated carbocycles. The number of benzene rings is 2. The molecular weight excluding hydrogens is 285 g/mol. The summed E-state index contributed by atoms with van der Waals surface area (Å²) in [6.07, 6.45) is 5.22. The molecule has 0 aliphatic heterocycles. The number of hydrogen-bond acceptors (Lipinski definition) is 2. The third-order valence-corrected chi connectivity index (χ3v) is 4.03. The smallest absolute Gasteiger partial charge is 0.423 e. The van der Waals surface area contributed by atoms with Gasteiger partial charge in [-0.3, -0.25) is 0 Å². The molecule has 1 aromatic heterocycles. The summed E-state index contributed by atoms with van der Waals surface area (Å²) in [5.74, 6) is 0. The van der Waals surface area contributed by atoms with Gasteiger partial charge in [0.05, 0.1) is 10.9 Å². The number of rotatable bonds is 2. The highest BCUT2D eigenvalue weighted by atomic mass is 16.4. The van der Waals surface area contributed by atoms with Crippen molar-refractivity contribution in [3.05, 3.63) is 82.8 Å². The molecule has 1 aliphatic rings. The van der Waals surface area contributed by atoms with Crippen LogP contribution < -0.4 is 10.6 Å². The van der Waals surface area contributed by atoms with E-state index in [1.807, 2.05) is 42.5 Å². The van der Waals surface area contributed by atoms with E-state index in [2.05, 4.69) is 28.5 Å². The maximum atomic E-state index is 9.53. The van der Waals surface area contributed by atoms with Gasteiger partial charge in [-0.25, -0.2) is 0 Å². The number of para-hydroxylation sites is 2. The quantitative estimate of drug-likeness (QED) is 0.701. The van der Waals surface area contributed by atoms with Crippen molar-refractivity contribution in [1.29, 1.82) is 0 Å². The molecule has 0 amide bonds. The van der Waals surface area contributed by atoms with Crippen LogP contribution in [0.4, 0.5) is 0 Å². The minimum atomic E-state index is -1.50. The van der Waals surface area contributed by atoms with Gasteiger partial charge in [0, 0.05) is 16.3 Å². The molecular formula is C19H14BNO2. The maximum Gasteiger partial charge on any atom is 0.488 e. The molecule has 0 bridgehead atoms. The average Bonchev–Trinajstić information content (AvgIpc) is 2.73. The minimum absolute atomic E-state index is 0.451. The van der Waals surface area contributed by atoms with Crippen molar-refractivity contribution in [2.24, 2.45) is 0 Å². The monoisotopic (exact) mass is 299 g/mol. The fourth-order valence-electron chi connectivity index (χ4n) is 2.99. The molecule has 1 heterocycles. The summed E-state index contributed by atoms with van der Waals surface area (Å²) < 4.78 is 2.14. The molecule has 4 rings (SSSR count). The third-order valence-electron chi connectivity index (χ3n) is 4.03. The molecule has 2 N–H and O–H groups in total. The van der Waals surface area contributed by atoms with Gasteiger partial charge < -0.3 is 14.6 Å². The van der Waals surface area contributed by atoms with Crippen molar-refractivity contribution in [2.45, 2.75) is 0 Å². The zero-order valence-electron chi connectivity index (χ0n) is 12.3. The predicted molar refractivity (Wildman–Crippen MR) is 93.2 cm³/mol. The van der Waals surface area contributed by atoms with Crippen molar-refractivity contribution in [2.75, 3.05) is 0 Å². The lowest BCUT2D eigenvalue weighted by Crippen LogP contribution is -2.28. The molecule has 0 spiro atoms. The fraction of sp³-hybridized carbons (Fsp3) is 0. The Kier molecular flexibility index (Phi) is 3.28. The summed E-state index contributed by atoms with van der Waals surface area (Å²) >= 11 is 0. The van der Waals surface area contributed by atoms with Crippen molar-refractivity contribution in [3.63, 3.8) is 0 Å². The highest BCUT2D eigenvalue weighted by Gasteiger charge is 2.15. The first-order valence-electron chi connectivity index (χ1n) is 7.45. The molecule has 3 nitrogen and oxygen atoms in total. The fourth-order valence-corrected chi connectivity index (χ4v) is 2.99. The summed E-state index contributed by atoms with van der Waals surface area (Å²) in [7, 11) is -1.50. The molecule has 1 aliphatic carbocycles. The SMILES string of the molecule is OB(O)C1=CC=C=c2c(c3ccccc3n2-c2ccccc2)=C1. The van der Waals surface area contributed by atoms with E-state index in [9.17, 15) is 10.0 Å². The van der Waals surface area contributed by atoms with Gasteiger partial charge in [0.2, 0.25) is 0 Å². The second-order valence-electron chi connectivity index (χ2n) is 5.45. The lowest BCUT2D eigenvalue weighted by Gasteiger charge is -2.04. The zero-order chi connectivity index (χ0) is 15.8. The van der Waals surface area contributed by atoms with E-state index in [1.54, 1.807) is 12.2 Å². The molecule has 0 atom stereocenters. The second kappa shape index (κ2) is 5.45. The summed E-state index contributed by atoms with van der Waals surface area (Å²) in [6, 6.07) is 18.2. The number of aromatic nitrogens is 1. The Morgan fingerprint density at radius 2 is 1.65 bits per heavy atom. The Morgan fingerprint density at radius 1 is 0.913 bits per heavy atom. The molecule has 23 heavy (non-hydrogen) atoms. The van der Waals surface area contributed by atoms with Crippen LogP contribution in [0.25, 0.3) is 28.4 Å². The molecule has 110 valence electrons. The van der Waals surface area contributed by atoms with E-state index in [1.165, 1.54) is 0 Å². The van der Waals surface area contributed by atoms with Gasteiger partial charge in [0.15, 0.2) is 0 Å². The lowest BCUT2D eigenvalue weighted by atomic mass is 9.78. The van der Waals surface area contributed by atoms with Crippen LogP contribution in [-0.2, 0) is 0 Å². The number of hydrogen-bond donors (Lipinski definition) is 2. The third kappa shape index (κ3) is 2.26. The molecule has 0 fully saturated rings. The average molecular weight is 299 g/mol. The molecule has 0 radical (unpaired) electrons. The predicted octanol–water partition coefficient (Wildman–Crippen LogP) is 1.30. The first-order chi connectivity index (χ1) is 11.3. The van der Waals surface area contributed by atoms with Crippen LogP contribution in [0.5, 0.6) is 0 Å². The Bertz CT molecular complexity index is 1070. The van der Waals surface area contributed by atoms with E-state index in [-0.39, 0.29) is 0 Å². The number of allylic oxidation sites excluding steroid dienone is 3. The van der Waals surface area contributed by atoms with Crippen LogP contribution in [0.3, 0.4) is 0 Å². The molecule has 0 saturated heterocycles. The van der Waals surface area contributed by atoms with Gasteiger partial charge in [-0.1, -0.05) is 54.3 Å². The first-order valence-corrected chi connectivity index (χ1v) is 7.45. The largest absolute Gasteiger partial charge is 0.488 e. The lowest BCUT2D eigenvalue weighted by molar-refractivity contribution is 0.421. The number of fused-ring (bicyclic) bond motifs is 3. The summed E-state index contributed by atoms with van der Waals surface area (Å²) in [5.41, 5.74) is 5.84. The molecule has 3 aromatic rings. The van der Waals surface area contributed by atoms with Crippen molar-refractivity contribution in [3.8, 4) is 5.69 Å². The van der Waals surface area contributed by atoms with Crippen LogP contribution in [-0.4, -0.2) is 21.7 Å². The van der Waals surface area contributed by atoms with Crippen LogP contribution >= 0.6 is 0 Å². The normalized spacial score (nSPS) is 12.9. The van der Waals surface area contributed by atoms with Crippen molar-refractivity contribution < 1.29 is 10.0 Å². The van der Waals surface area contributed by atoms with Crippen LogP contribution in [0, 0.1) is 0 Å². The Balaban J connectivity index is 2.19. The van der Waals surface area contributed by atoms with Gasteiger partial charge in [0.25, 0.3) is 0 Å². The standard InChI is InChI=1S/C19H14BNO2/c22-20(23)14-7-6-12-19-17(13-14)16-10-4-5-11-18(16)21(19)15-8-2-1-3-9-15/h1-11,13,22-23H. The van der Waals surface area contributed by atoms with E-state index in [0.29, 0.717) is 5.47 Å². The second-order valence-corrected chi connectivity index (χ2v) is 5.45. The van der Waals surface area contributed by atoms with E-state index < -0.39 is 7.12 Å². The van der Waals surface area contributed by atoms with E-state index in [4.69, 9.17) is 0 Å². The van der Waals surface area contributed by atoms with Gasteiger partial charge in [-0.2, -0.15) is 0 Å². The van der Waals surface area contributed by atoms with E-state index >= 15 is 0 Å². The first kappa shape index (κ1) is 13.9. The van der Waals surface area contributed by atoms with E-state index in [0.717, 1.165) is 27.2 Å².